The number of carbonyl (C=O) groups is 2. The summed E-state index contributed by atoms with van der Waals surface area (Å²) in [6.45, 7) is 1.12. The van der Waals surface area contributed by atoms with Gasteiger partial charge in [-0.15, -0.1) is 0 Å². The van der Waals surface area contributed by atoms with E-state index in [2.05, 4.69) is 16.4 Å². The average Bonchev–Trinajstić information content (AvgIpc) is 3.32. The van der Waals surface area contributed by atoms with Crippen molar-refractivity contribution in [2.45, 2.75) is 38.3 Å². The molecule has 40 heavy (non-hydrogen) atoms. The van der Waals surface area contributed by atoms with Crippen LogP contribution in [0.3, 0.4) is 0 Å². The number of benzene rings is 3. The van der Waals surface area contributed by atoms with E-state index in [-0.39, 0.29) is 18.0 Å². The van der Waals surface area contributed by atoms with E-state index in [0.29, 0.717) is 42.9 Å². The molecule has 0 saturated heterocycles. The van der Waals surface area contributed by atoms with Crippen LogP contribution in [0.2, 0.25) is 0 Å². The van der Waals surface area contributed by atoms with Gasteiger partial charge >= 0.3 is 0 Å². The number of hydrogen-bond acceptors (Lipinski definition) is 5. The molecule has 3 aromatic carbocycles. The summed E-state index contributed by atoms with van der Waals surface area (Å²) < 4.78 is 19.9. The molecule has 0 spiro atoms. The molecule has 1 aromatic heterocycles. The van der Waals surface area contributed by atoms with Gasteiger partial charge in [-0.25, -0.2) is 4.39 Å². The van der Waals surface area contributed by atoms with Gasteiger partial charge in [-0.2, -0.15) is 0 Å². The van der Waals surface area contributed by atoms with Gasteiger partial charge < -0.3 is 30.6 Å². The van der Waals surface area contributed by atoms with Gasteiger partial charge in [0.1, 0.15) is 17.7 Å². The molecule has 0 fully saturated rings. The summed E-state index contributed by atoms with van der Waals surface area (Å²) in [4.78, 5) is 32.8. The molecule has 0 radical (unpaired) electrons. The molecule has 6 rings (SSSR count). The molecule has 1 atom stereocenters. The normalized spacial score (nSPS) is 15.9. The molecule has 8 nitrogen and oxygen atoms in total. The van der Waals surface area contributed by atoms with E-state index in [1.807, 2.05) is 41.1 Å². The van der Waals surface area contributed by atoms with Crippen LogP contribution >= 0.6 is 0 Å². The predicted octanol–water partition coefficient (Wildman–Crippen LogP) is 5.61. The van der Waals surface area contributed by atoms with Gasteiger partial charge in [0, 0.05) is 30.9 Å². The Kier molecular flexibility index (Phi) is 6.79. The Hall–Kier alpha value is -4.53. The van der Waals surface area contributed by atoms with E-state index in [4.69, 9.17) is 10.5 Å². The first-order valence-electron chi connectivity index (χ1n) is 13.7. The van der Waals surface area contributed by atoms with Crippen LogP contribution in [0.1, 0.15) is 53.5 Å². The van der Waals surface area contributed by atoms with Crippen molar-refractivity contribution in [1.82, 2.24) is 9.88 Å². The number of nitrogen functional groups attached to an aromatic ring is 1. The lowest BCUT2D eigenvalue weighted by molar-refractivity contribution is -0.116. The number of amides is 2. The summed E-state index contributed by atoms with van der Waals surface area (Å²) in [6, 6.07) is 17.7. The smallest absolute Gasteiger partial charge is 0.258 e. The number of aromatic amines is 1. The fourth-order valence-electron chi connectivity index (χ4n) is 5.80. The second-order valence-electron chi connectivity index (χ2n) is 10.4. The summed E-state index contributed by atoms with van der Waals surface area (Å²) in [5.41, 5.74) is 11.4. The molecular formula is C31H32FN5O3. The van der Waals surface area contributed by atoms with Crippen molar-refractivity contribution in [3.05, 3.63) is 83.3 Å². The lowest BCUT2D eigenvalue weighted by Crippen LogP contribution is -2.51. The number of carbonyl (C=O) groups excluding carboxylic acids is 2. The van der Waals surface area contributed by atoms with Gasteiger partial charge in [-0.3, -0.25) is 9.59 Å². The highest BCUT2D eigenvalue weighted by Gasteiger charge is 2.41. The molecule has 2 amide bonds. The van der Waals surface area contributed by atoms with Crippen molar-refractivity contribution < 1.29 is 18.7 Å². The number of hydrogen-bond donors (Lipinski definition) is 3. The number of anilines is 3. The summed E-state index contributed by atoms with van der Waals surface area (Å²) in [6.07, 6.45) is 3.35. The standard InChI is InChI=1S/C31H32FN5O3/c1-36-27-13-10-19(32)17-23(27)31(39)37-15-14-21-22-18-20(11-12-25(22)35-29(21)30(36)37)40-16-6-2-3-9-28(38)34-26-8-5-4-7-24(26)33/h4-5,7-8,10-13,17-18,30,35H,2-3,6,9,14-16,33H2,1H3,(H,34,38). The predicted molar refractivity (Wildman–Crippen MR) is 154 cm³/mol. The van der Waals surface area contributed by atoms with Crippen LogP contribution in [-0.4, -0.2) is 41.9 Å². The zero-order valence-corrected chi connectivity index (χ0v) is 22.4. The second kappa shape index (κ2) is 10.6. The number of unbranched alkanes of at least 4 members (excludes halogenated alkanes) is 2. The number of rotatable bonds is 8. The van der Waals surface area contributed by atoms with Crippen molar-refractivity contribution >= 4 is 39.8 Å². The topological polar surface area (TPSA) is 104 Å². The minimum absolute atomic E-state index is 0.0407. The maximum atomic E-state index is 13.9. The van der Waals surface area contributed by atoms with Gasteiger partial charge in [0.05, 0.1) is 34.9 Å². The number of nitrogens with zero attached hydrogens (tertiary/aromatic N) is 2. The largest absolute Gasteiger partial charge is 0.494 e. The fourth-order valence-corrected chi connectivity index (χ4v) is 5.80. The minimum Gasteiger partial charge on any atom is -0.494 e. The molecule has 3 heterocycles. The van der Waals surface area contributed by atoms with Crippen LogP contribution in [0.15, 0.2) is 60.7 Å². The van der Waals surface area contributed by atoms with E-state index >= 15 is 0 Å². The lowest BCUT2D eigenvalue weighted by Gasteiger charge is -2.46. The SMILES string of the molecule is CN1c2ccc(F)cc2C(=O)N2CCc3c([nH]c4ccc(OCCCCCC(=O)Nc5ccccc5N)cc34)C21. The summed E-state index contributed by atoms with van der Waals surface area (Å²) in [5.74, 6) is 0.200. The molecule has 206 valence electrons. The number of halogens is 1. The number of para-hydroxylation sites is 2. The molecule has 4 N–H and O–H groups in total. The molecule has 1 unspecified atom stereocenters. The van der Waals surface area contributed by atoms with Crippen LogP contribution in [0.5, 0.6) is 5.75 Å². The zero-order valence-electron chi connectivity index (χ0n) is 22.4. The van der Waals surface area contributed by atoms with E-state index in [1.165, 1.54) is 17.7 Å². The van der Waals surface area contributed by atoms with Crippen LogP contribution < -0.4 is 20.7 Å². The van der Waals surface area contributed by atoms with E-state index in [0.717, 1.165) is 47.3 Å². The molecule has 0 aliphatic carbocycles. The molecule has 2 aliphatic rings. The summed E-state index contributed by atoms with van der Waals surface area (Å²) in [7, 11) is 1.94. The van der Waals surface area contributed by atoms with Crippen LogP contribution in [0, 0.1) is 5.82 Å². The zero-order chi connectivity index (χ0) is 27.8. The van der Waals surface area contributed by atoms with Gasteiger partial charge in [0.25, 0.3) is 5.91 Å². The fraction of sp³-hybridized carbons (Fsp3) is 0.290. The third-order valence-electron chi connectivity index (χ3n) is 7.82. The van der Waals surface area contributed by atoms with E-state index in [1.54, 1.807) is 18.2 Å². The Bertz CT molecular complexity index is 1600. The maximum absolute atomic E-state index is 13.9. The number of H-pyrrole nitrogens is 1. The highest BCUT2D eigenvalue weighted by Crippen LogP contribution is 2.43. The molecule has 2 aliphatic heterocycles. The average molecular weight is 542 g/mol. The lowest BCUT2D eigenvalue weighted by atomic mass is 9.96. The monoisotopic (exact) mass is 541 g/mol. The third kappa shape index (κ3) is 4.72. The quantitative estimate of drug-likeness (QED) is 0.199. The molecular weight excluding hydrogens is 509 g/mol. The first-order valence-corrected chi connectivity index (χ1v) is 13.7. The van der Waals surface area contributed by atoms with Gasteiger partial charge in [0.2, 0.25) is 5.91 Å². The summed E-state index contributed by atoms with van der Waals surface area (Å²) >= 11 is 0. The second-order valence-corrected chi connectivity index (χ2v) is 10.4. The molecule has 4 aromatic rings. The first-order chi connectivity index (χ1) is 19.4. The minimum atomic E-state index is -0.408. The van der Waals surface area contributed by atoms with Crippen molar-refractivity contribution in [3.63, 3.8) is 0 Å². The molecule has 0 saturated carbocycles. The molecule has 9 heteroatoms. The van der Waals surface area contributed by atoms with Crippen molar-refractivity contribution in [2.24, 2.45) is 0 Å². The van der Waals surface area contributed by atoms with E-state index in [9.17, 15) is 14.0 Å². The van der Waals surface area contributed by atoms with E-state index < -0.39 is 5.82 Å². The van der Waals surface area contributed by atoms with Gasteiger partial charge in [-0.05, 0) is 79.8 Å². The van der Waals surface area contributed by atoms with Crippen LogP contribution in [-0.2, 0) is 11.2 Å². The number of fused-ring (bicyclic) bond motifs is 6. The Morgan fingerprint density at radius 3 is 2.83 bits per heavy atom. The number of nitrogens with two attached hydrogens (primary N) is 1. The number of nitrogens with one attached hydrogen (secondary N) is 2. The van der Waals surface area contributed by atoms with Crippen molar-refractivity contribution in [3.8, 4) is 5.75 Å². The number of ether oxygens (including phenoxy) is 1. The van der Waals surface area contributed by atoms with Crippen LogP contribution in [0.25, 0.3) is 10.9 Å². The van der Waals surface area contributed by atoms with Crippen molar-refractivity contribution in [2.75, 3.05) is 36.1 Å². The highest BCUT2D eigenvalue weighted by atomic mass is 19.1. The Morgan fingerprint density at radius 1 is 1.12 bits per heavy atom. The Labute approximate surface area is 231 Å². The Balaban J connectivity index is 1.07. The van der Waals surface area contributed by atoms with Crippen molar-refractivity contribution in [1.29, 1.82) is 0 Å². The highest BCUT2D eigenvalue weighted by molar-refractivity contribution is 6.02. The summed E-state index contributed by atoms with van der Waals surface area (Å²) in [5, 5.41) is 3.95. The first kappa shape index (κ1) is 25.7. The van der Waals surface area contributed by atoms with Crippen LogP contribution in [0.4, 0.5) is 21.5 Å². The maximum Gasteiger partial charge on any atom is 0.258 e. The molecule has 0 bridgehead atoms. The van der Waals surface area contributed by atoms with Gasteiger partial charge in [0.15, 0.2) is 0 Å². The number of aromatic nitrogens is 1. The third-order valence-corrected chi connectivity index (χ3v) is 7.82. The Morgan fingerprint density at radius 2 is 1.98 bits per heavy atom. The van der Waals surface area contributed by atoms with Gasteiger partial charge in [-0.1, -0.05) is 12.1 Å².